The lowest BCUT2D eigenvalue weighted by atomic mass is 9.66. The molecule has 1 saturated heterocycles. The van der Waals surface area contributed by atoms with Crippen molar-refractivity contribution in [3.05, 3.63) is 11.6 Å². The predicted molar refractivity (Wildman–Crippen MR) is 243 cm³/mol. The lowest BCUT2D eigenvalue weighted by Crippen LogP contribution is -2.54. The molecule has 0 aromatic rings. The average Bonchev–Trinajstić information content (AvgIpc) is 3.39. The highest BCUT2D eigenvalue weighted by atomic mass is 15.2. The normalized spacial score (nSPS) is 41.3. The van der Waals surface area contributed by atoms with Crippen molar-refractivity contribution in [1.29, 1.82) is 0 Å². The van der Waals surface area contributed by atoms with Crippen molar-refractivity contribution < 1.29 is 0 Å². The maximum Gasteiger partial charge on any atom is 0.0284 e. The lowest BCUT2D eigenvalue weighted by Gasteiger charge is -2.51. The van der Waals surface area contributed by atoms with Gasteiger partial charge in [-0.3, -0.25) is 9.80 Å². The van der Waals surface area contributed by atoms with E-state index in [-0.39, 0.29) is 0 Å². The summed E-state index contributed by atoms with van der Waals surface area (Å²) in [6, 6.07) is 4.21. The van der Waals surface area contributed by atoms with Gasteiger partial charge in [-0.1, -0.05) is 129 Å². The van der Waals surface area contributed by atoms with Gasteiger partial charge in [0.15, 0.2) is 0 Å². The molecule has 0 aromatic heterocycles. The molecular formula is C54H96N2. The third-order valence-electron chi connectivity index (χ3n) is 18.9. The molecule has 56 heavy (non-hydrogen) atoms. The second-order valence-electron chi connectivity index (χ2n) is 22.1. The van der Waals surface area contributed by atoms with Crippen molar-refractivity contribution in [3.63, 3.8) is 0 Å². The Hall–Kier alpha value is -0.340. The van der Waals surface area contributed by atoms with Crippen LogP contribution in [-0.2, 0) is 0 Å². The van der Waals surface area contributed by atoms with Gasteiger partial charge in [0, 0.05) is 30.2 Å². The zero-order valence-electron chi connectivity index (χ0n) is 38.4. The maximum atomic E-state index is 3.26. The summed E-state index contributed by atoms with van der Waals surface area (Å²) < 4.78 is 0. The van der Waals surface area contributed by atoms with Gasteiger partial charge in [-0.2, -0.15) is 0 Å². The molecular weight excluding hydrogens is 677 g/mol. The van der Waals surface area contributed by atoms with Crippen LogP contribution >= 0.6 is 0 Å². The van der Waals surface area contributed by atoms with Crippen LogP contribution in [0.3, 0.4) is 0 Å². The molecule has 0 radical (unpaired) electrons. The third-order valence-corrected chi connectivity index (χ3v) is 18.9. The van der Waals surface area contributed by atoms with Crippen LogP contribution in [0.15, 0.2) is 11.6 Å². The van der Waals surface area contributed by atoms with Crippen LogP contribution in [0, 0.1) is 53.3 Å². The first kappa shape index (κ1) is 43.7. The summed E-state index contributed by atoms with van der Waals surface area (Å²) in [4.78, 5) is 6.41. The Balaban J connectivity index is 0.00000237. The summed E-state index contributed by atoms with van der Waals surface area (Å²) in [5.74, 6) is 9.00. The van der Waals surface area contributed by atoms with Crippen LogP contribution in [0.2, 0.25) is 0 Å². The van der Waals surface area contributed by atoms with E-state index in [1.54, 1.807) is 38.5 Å². The van der Waals surface area contributed by atoms with E-state index in [1.165, 1.54) is 173 Å². The monoisotopic (exact) mass is 773 g/mol. The summed E-state index contributed by atoms with van der Waals surface area (Å²) in [5.41, 5.74) is 1.98. The Morgan fingerprint density at radius 2 is 1.21 bits per heavy atom. The van der Waals surface area contributed by atoms with E-state index >= 15 is 0 Å². The van der Waals surface area contributed by atoms with Gasteiger partial charge in [0.05, 0.1) is 0 Å². The van der Waals surface area contributed by atoms with Gasteiger partial charge in [0.2, 0.25) is 0 Å². The predicted octanol–water partition coefficient (Wildman–Crippen LogP) is 15.6. The van der Waals surface area contributed by atoms with Gasteiger partial charge in [0.25, 0.3) is 0 Å². The molecule has 2 nitrogen and oxygen atoms in total. The number of hydrogen-bond donors (Lipinski definition) is 0. The first-order valence-electron chi connectivity index (χ1n) is 26.8. The van der Waals surface area contributed by atoms with E-state index in [4.69, 9.17) is 0 Å². The largest absolute Gasteiger partial charge is 0.294 e. The Kier molecular flexibility index (Phi) is 17.2. The number of hydrogen-bond acceptors (Lipinski definition) is 2. The molecule has 9 atom stereocenters. The highest BCUT2D eigenvalue weighted by molar-refractivity contribution is 5.22. The van der Waals surface area contributed by atoms with Crippen LogP contribution in [-0.4, -0.2) is 46.6 Å². The molecule has 0 spiro atoms. The van der Waals surface area contributed by atoms with Crippen molar-refractivity contribution in [2.24, 2.45) is 53.3 Å². The second kappa shape index (κ2) is 22.0. The lowest BCUT2D eigenvalue weighted by molar-refractivity contribution is -0.0154. The maximum absolute atomic E-state index is 3.26. The van der Waals surface area contributed by atoms with Gasteiger partial charge in [-0.25, -0.2) is 0 Å². The molecule has 2 aliphatic heterocycles. The molecule has 0 aromatic carbocycles. The molecule has 2 bridgehead atoms. The summed E-state index contributed by atoms with van der Waals surface area (Å²) in [6.45, 7) is 13.0. The molecule has 2 heterocycles. The minimum atomic E-state index is 0.758. The molecule has 8 rings (SSSR count). The molecule has 6 aliphatic carbocycles. The van der Waals surface area contributed by atoms with E-state index in [1.807, 2.05) is 19.4 Å². The van der Waals surface area contributed by atoms with E-state index in [0.29, 0.717) is 0 Å². The second-order valence-corrected chi connectivity index (χ2v) is 22.1. The molecule has 0 N–H and O–H groups in total. The minimum absolute atomic E-state index is 0.758. The molecule has 9 unspecified atom stereocenters. The van der Waals surface area contributed by atoms with Gasteiger partial charge in [-0.15, -0.1) is 0 Å². The Labute approximate surface area is 350 Å². The number of nitrogens with zero attached hydrogens (tertiary/aromatic N) is 2. The van der Waals surface area contributed by atoms with Gasteiger partial charge < -0.3 is 0 Å². The van der Waals surface area contributed by atoms with Crippen molar-refractivity contribution in [2.45, 2.75) is 270 Å². The molecule has 5 saturated carbocycles. The third kappa shape index (κ3) is 10.7. The van der Waals surface area contributed by atoms with Crippen LogP contribution in [0.5, 0.6) is 0 Å². The molecule has 2 heteroatoms. The van der Waals surface area contributed by atoms with Gasteiger partial charge >= 0.3 is 0 Å². The van der Waals surface area contributed by atoms with Crippen molar-refractivity contribution >= 4 is 0 Å². The van der Waals surface area contributed by atoms with Crippen molar-refractivity contribution in [1.82, 2.24) is 9.80 Å². The molecule has 6 fully saturated rings. The van der Waals surface area contributed by atoms with Crippen LogP contribution in [0.1, 0.15) is 240 Å². The highest BCUT2D eigenvalue weighted by Crippen LogP contribution is 2.51. The van der Waals surface area contributed by atoms with Crippen molar-refractivity contribution in [3.8, 4) is 0 Å². The van der Waals surface area contributed by atoms with Crippen LogP contribution < -0.4 is 0 Å². The highest BCUT2D eigenvalue weighted by Gasteiger charge is 2.46. The average molecular weight is 773 g/mol. The molecule has 0 amide bonds. The minimum Gasteiger partial charge on any atom is -0.294 e. The van der Waals surface area contributed by atoms with E-state index in [2.05, 4.69) is 36.6 Å². The van der Waals surface area contributed by atoms with Crippen LogP contribution in [0.25, 0.3) is 0 Å². The Morgan fingerprint density at radius 1 is 0.571 bits per heavy atom. The molecule has 8 aliphatic rings. The fraction of sp³-hybridized carbons (Fsp3) is 0.963. The number of fused-ring (bicyclic) bond motifs is 4. The Bertz CT molecular complexity index is 1140. The summed E-state index contributed by atoms with van der Waals surface area (Å²) >= 11 is 0. The van der Waals surface area contributed by atoms with Gasteiger partial charge in [-0.05, 0) is 182 Å². The summed E-state index contributed by atoms with van der Waals surface area (Å²) in [6.07, 6.45) is 51.2. The fourth-order valence-corrected chi connectivity index (χ4v) is 15.9. The van der Waals surface area contributed by atoms with Crippen molar-refractivity contribution in [2.75, 3.05) is 6.54 Å². The number of rotatable bonds is 10. The zero-order valence-corrected chi connectivity index (χ0v) is 38.4. The van der Waals surface area contributed by atoms with Gasteiger partial charge in [0.1, 0.15) is 0 Å². The quantitative estimate of drug-likeness (QED) is 0.204. The zero-order chi connectivity index (χ0) is 38.9. The van der Waals surface area contributed by atoms with E-state index < -0.39 is 0 Å². The topological polar surface area (TPSA) is 6.48 Å². The van der Waals surface area contributed by atoms with Crippen LogP contribution in [0.4, 0.5) is 0 Å². The summed E-state index contributed by atoms with van der Waals surface area (Å²) in [7, 11) is 0. The van der Waals surface area contributed by atoms with E-state index in [9.17, 15) is 0 Å². The Morgan fingerprint density at radius 3 is 1.96 bits per heavy atom. The summed E-state index contributed by atoms with van der Waals surface area (Å²) in [5, 5.41) is 0. The smallest absolute Gasteiger partial charge is 0.0284 e. The standard InChI is InChI=1S/C52H90N2.C2H6/c1-4-14-40(41-16-8-6-9-17-41)19-13-34-53-49-32-28-44(36-47(37-49)50-20-11-12-21-52(50)53)45-29-33-51-46(35-45)18-10-5-7-15-39(3)54(51)48-30-26-43(27-31-48)42-24-22-38(2)23-25-42;1-2/h37-46,48-52H,4-36H2,1-3H3;1-2H3. The SMILES string of the molecule is CC.CCCC(CCCN1C2C=C(CC(C3CCC4C(CCCCCC(C)N4C4CCC(C5CCC(C)CC5)CC4)C3)CC2)C2CCCCC21)C1CCCCC1. The molecule has 322 valence electrons. The fourth-order valence-electron chi connectivity index (χ4n) is 15.9. The first-order valence-corrected chi connectivity index (χ1v) is 26.8. The first-order chi connectivity index (χ1) is 27.6. The van der Waals surface area contributed by atoms with E-state index in [0.717, 1.165) is 83.5 Å².